The van der Waals surface area contributed by atoms with Gasteiger partial charge in [0.2, 0.25) is 0 Å². The molecule has 0 fully saturated rings. The molecule has 5 nitrogen and oxygen atoms in total. The molecule has 13 rings (SSSR count). The molecule has 1 aliphatic heterocycles. The molecule has 1 N–H and O–H groups in total. The highest BCUT2D eigenvalue weighted by molar-refractivity contribution is 7.26. The SMILES string of the molecule is c1ccc(C2=NC(c3ccc4c(c3)sc3c(-c5ccccc5-c5ccc6c(c5)c5ccccc5n6-c5ccccc5)cccc34)=NC(c3ccc4c(c3)oc3ccccc34)N2)cc1. The van der Waals surface area contributed by atoms with Gasteiger partial charge < -0.3 is 14.3 Å². The summed E-state index contributed by atoms with van der Waals surface area (Å²) in [5, 5.41) is 10.8. The third-order valence-electron chi connectivity index (χ3n) is 12.5. The molecule has 0 saturated heterocycles. The standard InChI is InChI=1S/C57H36N4OS/c1-3-14-35(15-4-1)55-58-56(37-26-29-44-43-21-10-12-25-51(43)62-52(44)33-37)60-57(59-55)38-27-30-45-47-23-13-22-46(54(47)63-53(45)34-38)41-19-8-7-18-40(41)36-28-31-50-48(32-36)42-20-9-11-24-49(42)61(50)39-16-5-2-6-17-39/h1-34,56H,(H,58,59,60). The highest BCUT2D eigenvalue weighted by Crippen LogP contribution is 2.44. The van der Waals surface area contributed by atoms with E-state index in [1.165, 1.54) is 64.2 Å². The first-order chi connectivity index (χ1) is 31.2. The van der Waals surface area contributed by atoms with Crippen LogP contribution in [0.5, 0.6) is 0 Å². The monoisotopic (exact) mass is 824 g/mol. The molecule has 0 amide bonds. The Labute approximate surface area is 366 Å². The van der Waals surface area contributed by atoms with E-state index in [4.69, 9.17) is 14.4 Å². The molecule has 63 heavy (non-hydrogen) atoms. The third-order valence-corrected chi connectivity index (χ3v) is 13.7. The Morgan fingerprint density at radius 2 is 1.14 bits per heavy atom. The van der Waals surface area contributed by atoms with Gasteiger partial charge in [-0.3, -0.25) is 0 Å². The Balaban J connectivity index is 0.917. The van der Waals surface area contributed by atoms with Gasteiger partial charge in [-0.2, -0.15) is 0 Å². The Hall–Kier alpha value is -8.06. The second-order valence-electron chi connectivity index (χ2n) is 16.1. The van der Waals surface area contributed by atoms with Crippen molar-refractivity contribution < 1.29 is 4.42 Å². The van der Waals surface area contributed by atoms with Crippen LogP contribution in [0, 0.1) is 0 Å². The summed E-state index contributed by atoms with van der Waals surface area (Å²) in [4.78, 5) is 10.4. The molecular weight excluding hydrogens is 789 g/mol. The van der Waals surface area contributed by atoms with Gasteiger partial charge >= 0.3 is 0 Å². The summed E-state index contributed by atoms with van der Waals surface area (Å²) < 4.78 is 11.1. The van der Waals surface area contributed by atoms with E-state index in [1.807, 2.05) is 47.7 Å². The third kappa shape index (κ3) is 5.83. The van der Waals surface area contributed by atoms with Gasteiger partial charge in [0, 0.05) is 69.7 Å². The number of nitrogens with zero attached hydrogens (tertiary/aromatic N) is 3. The predicted octanol–water partition coefficient (Wildman–Crippen LogP) is 14.9. The Bertz CT molecular complexity index is 3840. The van der Waals surface area contributed by atoms with Crippen molar-refractivity contribution in [3.63, 3.8) is 0 Å². The topological polar surface area (TPSA) is 54.8 Å². The lowest BCUT2D eigenvalue weighted by Gasteiger charge is -2.23. The summed E-state index contributed by atoms with van der Waals surface area (Å²) in [6.45, 7) is 0. The molecule has 0 aliphatic carbocycles. The summed E-state index contributed by atoms with van der Waals surface area (Å²) in [6, 6.07) is 73.4. The zero-order chi connectivity index (χ0) is 41.4. The maximum absolute atomic E-state index is 6.30. The smallest absolute Gasteiger partial charge is 0.159 e. The number of aliphatic imine (C=N–C) groups is 2. The van der Waals surface area contributed by atoms with Gasteiger partial charge in [0.25, 0.3) is 0 Å². The van der Waals surface area contributed by atoms with Crippen LogP contribution in [-0.2, 0) is 0 Å². The van der Waals surface area contributed by atoms with Crippen LogP contribution in [0.3, 0.4) is 0 Å². The molecule has 0 radical (unpaired) electrons. The van der Waals surface area contributed by atoms with Crippen LogP contribution in [0.4, 0.5) is 0 Å². The summed E-state index contributed by atoms with van der Waals surface area (Å²) >= 11 is 1.83. The van der Waals surface area contributed by atoms with Gasteiger partial charge in [-0.15, -0.1) is 11.3 Å². The van der Waals surface area contributed by atoms with E-state index in [0.29, 0.717) is 5.84 Å². The number of hydrogen-bond acceptors (Lipinski definition) is 5. The lowest BCUT2D eigenvalue weighted by atomic mass is 9.93. The molecule has 1 aliphatic rings. The van der Waals surface area contributed by atoms with Gasteiger partial charge in [-0.25, -0.2) is 9.98 Å². The number of benzene rings is 9. The quantitative estimate of drug-likeness (QED) is 0.182. The zero-order valence-corrected chi connectivity index (χ0v) is 34.7. The second-order valence-corrected chi connectivity index (χ2v) is 17.2. The van der Waals surface area contributed by atoms with Crippen LogP contribution in [0.2, 0.25) is 0 Å². The summed E-state index contributed by atoms with van der Waals surface area (Å²) in [5.74, 6) is 1.48. The average Bonchev–Trinajstić information content (AvgIpc) is 4.03. The Morgan fingerprint density at radius 1 is 0.460 bits per heavy atom. The first kappa shape index (κ1) is 35.7. The fourth-order valence-electron chi connectivity index (χ4n) is 9.52. The van der Waals surface area contributed by atoms with E-state index >= 15 is 0 Å². The van der Waals surface area contributed by atoms with Gasteiger partial charge in [-0.05, 0) is 65.2 Å². The van der Waals surface area contributed by atoms with E-state index in [2.05, 4.69) is 180 Å². The summed E-state index contributed by atoms with van der Waals surface area (Å²) in [5.41, 5.74) is 13.1. The highest BCUT2D eigenvalue weighted by Gasteiger charge is 2.23. The molecule has 0 saturated carbocycles. The number of amidine groups is 2. The second kappa shape index (κ2) is 14.3. The Morgan fingerprint density at radius 3 is 2.03 bits per heavy atom. The largest absolute Gasteiger partial charge is 0.456 e. The van der Waals surface area contributed by atoms with Gasteiger partial charge in [0.05, 0.1) is 11.0 Å². The predicted molar refractivity (Wildman–Crippen MR) is 264 cm³/mol. The van der Waals surface area contributed by atoms with Crippen molar-refractivity contribution >= 4 is 86.9 Å². The molecule has 296 valence electrons. The number of para-hydroxylation sites is 3. The van der Waals surface area contributed by atoms with E-state index in [9.17, 15) is 0 Å². The molecule has 1 atom stereocenters. The van der Waals surface area contributed by atoms with Crippen molar-refractivity contribution in [3.05, 3.63) is 223 Å². The maximum atomic E-state index is 6.30. The van der Waals surface area contributed by atoms with Crippen molar-refractivity contribution in [2.75, 3.05) is 0 Å². The van der Waals surface area contributed by atoms with E-state index in [1.54, 1.807) is 0 Å². The van der Waals surface area contributed by atoms with Gasteiger partial charge in [-0.1, -0.05) is 158 Å². The van der Waals surface area contributed by atoms with Crippen LogP contribution in [-0.4, -0.2) is 16.2 Å². The number of aromatic nitrogens is 1. The minimum atomic E-state index is -0.361. The fraction of sp³-hybridized carbons (Fsp3) is 0.0175. The lowest BCUT2D eigenvalue weighted by Crippen LogP contribution is -2.33. The van der Waals surface area contributed by atoms with E-state index < -0.39 is 0 Å². The van der Waals surface area contributed by atoms with Crippen LogP contribution >= 0.6 is 11.3 Å². The fourth-order valence-corrected chi connectivity index (χ4v) is 10.8. The summed E-state index contributed by atoms with van der Waals surface area (Å²) in [7, 11) is 0. The minimum absolute atomic E-state index is 0.361. The Kier molecular flexibility index (Phi) is 8.08. The number of furan rings is 1. The number of fused-ring (bicyclic) bond motifs is 9. The normalized spacial score (nSPS) is 14.2. The maximum Gasteiger partial charge on any atom is 0.159 e. The van der Waals surface area contributed by atoms with Crippen LogP contribution in [0.25, 0.3) is 91.9 Å². The summed E-state index contributed by atoms with van der Waals surface area (Å²) in [6.07, 6.45) is -0.361. The number of nitrogens with one attached hydrogen (secondary N) is 1. The molecular formula is C57H36N4OS. The number of rotatable bonds is 6. The highest BCUT2D eigenvalue weighted by atomic mass is 32.1. The van der Waals surface area contributed by atoms with Crippen molar-refractivity contribution in [2.45, 2.75) is 6.17 Å². The molecule has 0 bridgehead atoms. The van der Waals surface area contributed by atoms with Crippen LogP contribution in [0.1, 0.15) is 22.9 Å². The number of thiophene rings is 1. The first-order valence-electron chi connectivity index (χ1n) is 21.3. The lowest BCUT2D eigenvalue weighted by molar-refractivity contribution is 0.655. The van der Waals surface area contributed by atoms with Crippen molar-refractivity contribution in [1.82, 2.24) is 9.88 Å². The molecule has 9 aromatic carbocycles. The molecule has 12 aromatic rings. The van der Waals surface area contributed by atoms with E-state index in [-0.39, 0.29) is 6.17 Å². The van der Waals surface area contributed by atoms with Crippen molar-refractivity contribution in [3.8, 4) is 27.9 Å². The molecule has 6 heteroatoms. The minimum Gasteiger partial charge on any atom is -0.456 e. The van der Waals surface area contributed by atoms with E-state index in [0.717, 1.165) is 50.2 Å². The van der Waals surface area contributed by atoms with Crippen LogP contribution < -0.4 is 5.32 Å². The molecule has 4 heterocycles. The van der Waals surface area contributed by atoms with Gasteiger partial charge in [0.1, 0.15) is 23.2 Å². The molecule has 0 spiro atoms. The van der Waals surface area contributed by atoms with Gasteiger partial charge in [0.15, 0.2) is 5.84 Å². The molecule has 3 aromatic heterocycles. The molecule has 1 unspecified atom stereocenters. The number of hydrogen-bond donors (Lipinski definition) is 1. The zero-order valence-electron chi connectivity index (χ0n) is 33.9. The first-order valence-corrected chi connectivity index (χ1v) is 22.1. The van der Waals surface area contributed by atoms with Crippen LogP contribution in [0.15, 0.2) is 221 Å². The van der Waals surface area contributed by atoms with Crippen molar-refractivity contribution in [1.29, 1.82) is 0 Å². The average molecular weight is 825 g/mol. The van der Waals surface area contributed by atoms with Crippen molar-refractivity contribution in [2.24, 2.45) is 9.98 Å².